The van der Waals surface area contributed by atoms with Gasteiger partial charge in [-0.05, 0) is 30.5 Å². The summed E-state index contributed by atoms with van der Waals surface area (Å²) in [6.07, 6.45) is 4.46. The minimum absolute atomic E-state index is 0.0351. The van der Waals surface area contributed by atoms with Crippen LogP contribution in [0.3, 0.4) is 0 Å². The fraction of sp³-hybridized carbons (Fsp3) is 0.364. The molecule has 140 valence electrons. The number of para-hydroxylation sites is 1. The Hall–Kier alpha value is -2.11. The van der Waals surface area contributed by atoms with Crippen molar-refractivity contribution in [3.63, 3.8) is 0 Å². The van der Waals surface area contributed by atoms with Crippen molar-refractivity contribution in [3.05, 3.63) is 66.2 Å². The molecule has 0 bridgehead atoms. The Bertz CT molecular complexity index is 818. The van der Waals surface area contributed by atoms with Crippen molar-refractivity contribution in [2.24, 2.45) is 5.10 Å². The largest absolute Gasteiger partial charge is 0.292 e. The number of piperidine rings is 1. The van der Waals surface area contributed by atoms with E-state index in [9.17, 15) is 4.79 Å². The molecule has 0 aliphatic carbocycles. The van der Waals surface area contributed by atoms with Crippen LogP contribution in [0, 0.1) is 0 Å². The highest BCUT2D eigenvalue weighted by molar-refractivity contribution is 8.17. The number of ketones is 1. The molecule has 1 unspecified atom stereocenters. The summed E-state index contributed by atoms with van der Waals surface area (Å²) in [5, 5.41) is 7.49. The molecule has 0 saturated carbocycles. The van der Waals surface area contributed by atoms with E-state index in [0.717, 1.165) is 25.2 Å². The molecule has 1 fully saturated rings. The molecule has 5 heteroatoms. The quantitative estimate of drug-likeness (QED) is 0.765. The van der Waals surface area contributed by atoms with Gasteiger partial charge in [-0.25, -0.2) is 5.01 Å². The van der Waals surface area contributed by atoms with E-state index in [1.165, 1.54) is 24.8 Å². The number of carbonyl (C=O) groups is 1. The van der Waals surface area contributed by atoms with Crippen LogP contribution in [0.1, 0.15) is 31.7 Å². The van der Waals surface area contributed by atoms with Gasteiger partial charge in [0.1, 0.15) is 0 Å². The standard InChI is InChI=1S/C22H25N3OS/c1-18(26)21-23-25(20-13-7-3-8-14-20)22(27-21,24-15-9-4-10-16-24)17-19-11-5-2-6-12-19/h2-3,5-8,11-14H,4,9-10,15-17H2,1H3. The molecule has 4 nitrogen and oxygen atoms in total. The number of hydrazone groups is 1. The highest BCUT2D eigenvalue weighted by atomic mass is 32.2. The Morgan fingerprint density at radius 3 is 2.26 bits per heavy atom. The molecule has 1 saturated heterocycles. The molecule has 27 heavy (non-hydrogen) atoms. The highest BCUT2D eigenvalue weighted by Crippen LogP contribution is 2.46. The zero-order valence-electron chi connectivity index (χ0n) is 15.7. The topological polar surface area (TPSA) is 35.9 Å². The molecule has 2 aromatic rings. The van der Waals surface area contributed by atoms with Gasteiger partial charge in [0.2, 0.25) is 0 Å². The Balaban J connectivity index is 1.80. The zero-order valence-corrected chi connectivity index (χ0v) is 16.5. The predicted molar refractivity (Wildman–Crippen MR) is 113 cm³/mol. The maximum absolute atomic E-state index is 12.2. The molecule has 0 amide bonds. The summed E-state index contributed by atoms with van der Waals surface area (Å²) in [6, 6.07) is 20.8. The number of carbonyl (C=O) groups excluding carboxylic acids is 1. The van der Waals surface area contributed by atoms with E-state index >= 15 is 0 Å². The second-order valence-electron chi connectivity index (χ2n) is 7.16. The lowest BCUT2D eigenvalue weighted by atomic mass is 10.0. The van der Waals surface area contributed by atoms with Gasteiger partial charge in [-0.1, -0.05) is 66.7 Å². The molecule has 2 aliphatic heterocycles. The van der Waals surface area contributed by atoms with Gasteiger partial charge < -0.3 is 0 Å². The van der Waals surface area contributed by atoms with Gasteiger partial charge in [-0.3, -0.25) is 9.69 Å². The summed E-state index contributed by atoms with van der Waals surface area (Å²) < 4.78 is 0. The van der Waals surface area contributed by atoms with Crippen molar-refractivity contribution in [2.75, 3.05) is 18.1 Å². The van der Waals surface area contributed by atoms with Crippen molar-refractivity contribution in [2.45, 2.75) is 37.6 Å². The molecule has 2 aliphatic rings. The van der Waals surface area contributed by atoms with Gasteiger partial charge in [0.25, 0.3) is 0 Å². The lowest BCUT2D eigenvalue weighted by Gasteiger charge is -2.47. The number of nitrogens with zero attached hydrogens (tertiary/aromatic N) is 3. The van der Waals surface area contributed by atoms with E-state index in [4.69, 9.17) is 5.10 Å². The average Bonchev–Trinajstić information content (AvgIpc) is 3.11. The second kappa shape index (κ2) is 7.87. The second-order valence-corrected chi connectivity index (χ2v) is 8.41. The van der Waals surface area contributed by atoms with E-state index in [0.29, 0.717) is 5.04 Å². The monoisotopic (exact) mass is 379 g/mol. The molecule has 0 aromatic heterocycles. The van der Waals surface area contributed by atoms with Crippen LogP contribution >= 0.6 is 11.8 Å². The van der Waals surface area contributed by atoms with E-state index in [-0.39, 0.29) is 5.78 Å². The van der Waals surface area contributed by atoms with Crippen molar-refractivity contribution >= 4 is 28.3 Å². The Morgan fingerprint density at radius 1 is 1.00 bits per heavy atom. The fourth-order valence-corrected chi connectivity index (χ4v) is 5.24. The smallest absolute Gasteiger partial charge is 0.186 e. The molecule has 2 heterocycles. The summed E-state index contributed by atoms with van der Waals surface area (Å²) in [5.74, 6) is 0.0351. The van der Waals surface area contributed by atoms with Gasteiger partial charge >= 0.3 is 0 Å². The Kier molecular flexibility index (Phi) is 5.32. The lowest BCUT2D eigenvalue weighted by Crippen LogP contribution is -2.58. The van der Waals surface area contributed by atoms with Gasteiger partial charge in [0.15, 0.2) is 15.8 Å². The van der Waals surface area contributed by atoms with E-state index in [1.54, 1.807) is 18.7 Å². The molecule has 2 aromatic carbocycles. The number of thioether (sulfide) groups is 1. The highest BCUT2D eigenvalue weighted by Gasteiger charge is 2.50. The number of anilines is 1. The summed E-state index contributed by atoms with van der Waals surface area (Å²) in [6.45, 7) is 3.68. The summed E-state index contributed by atoms with van der Waals surface area (Å²) in [5.41, 5.74) is 2.29. The molecule has 0 N–H and O–H groups in total. The number of hydrogen-bond donors (Lipinski definition) is 0. The first kappa shape index (κ1) is 18.3. The van der Waals surface area contributed by atoms with Crippen LogP contribution in [0.5, 0.6) is 0 Å². The van der Waals surface area contributed by atoms with E-state index in [1.807, 2.05) is 24.3 Å². The maximum atomic E-state index is 12.2. The first-order valence-corrected chi connectivity index (χ1v) is 10.4. The molecule has 1 atom stereocenters. The predicted octanol–water partition coefficient (Wildman–Crippen LogP) is 4.52. The maximum Gasteiger partial charge on any atom is 0.186 e. The fourth-order valence-electron chi connectivity index (χ4n) is 3.88. The van der Waals surface area contributed by atoms with Crippen LogP contribution in [-0.2, 0) is 11.2 Å². The van der Waals surface area contributed by atoms with E-state index in [2.05, 4.69) is 46.3 Å². The van der Waals surface area contributed by atoms with Crippen LogP contribution in [-0.4, -0.2) is 33.8 Å². The lowest BCUT2D eigenvalue weighted by molar-refractivity contribution is -0.110. The third-order valence-corrected chi connectivity index (χ3v) is 6.68. The average molecular weight is 380 g/mol. The van der Waals surface area contributed by atoms with Crippen molar-refractivity contribution in [3.8, 4) is 0 Å². The van der Waals surface area contributed by atoms with Crippen LogP contribution in [0.2, 0.25) is 0 Å². The number of likely N-dealkylation sites (tertiary alicyclic amines) is 1. The van der Waals surface area contributed by atoms with E-state index < -0.39 is 4.99 Å². The third kappa shape index (κ3) is 3.66. The summed E-state index contributed by atoms with van der Waals surface area (Å²) in [4.78, 5) is 14.4. The third-order valence-electron chi connectivity index (χ3n) is 5.21. The van der Waals surface area contributed by atoms with Gasteiger partial charge in [-0.15, -0.1) is 0 Å². The molecule has 0 radical (unpaired) electrons. The van der Waals surface area contributed by atoms with Crippen LogP contribution < -0.4 is 5.01 Å². The minimum Gasteiger partial charge on any atom is -0.292 e. The van der Waals surface area contributed by atoms with Crippen molar-refractivity contribution in [1.29, 1.82) is 0 Å². The van der Waals surface area contributed by atoms with Gasteiger partial charge in [0, 0.05) is 26.4 Å². The van der Waals surface area contributed by atoms with Crippen molar-refractivity contribution < 1.29 is 4.79 Å². The number of Topliss-reactive ketones (excluding diaryl/α,β-unsaturated/α-hetero) is 1. The summed E-state index contributed by atoms with van der Waals surface area (Å²) >= 11 is 1.62. The van der Waals surface area contributed by atoms with Gasteiger partial charge in [0.05, 0.1) is 5.69 Å². The summed E-state index contributed by atoms with van der Waals surface area (Å²) in [7, 11) is 0. The first-order valence-electron chi connectivity index (χ1n) is 9.62. The van der Waals surface area contributed by atoms with Crippen molar-refractivity contribution in [1.82, 2.24) is 4.90 Å². The Morgan fingerprint density at radius 2 is 1.63 bits per heavy atom. The zero-order chi connectivity index (χ0) is 18.7. The number of hydrogen-bond acceptors (Lipinski definition) is 5. The SMILES string of the molecule is CC(=O)C1=NN(c2ccccc2)C(Cc2ccccc2)(N2CCCCC2)S1. The number of benzene rings is 2. The minimum atomic E-state index is -0.399. The normalized spacial score (nSPS) is 23.3. The number of rotatable bonds is 5. The molecular formula is C22H25N3OS. The van der Waals surface area contributed by atoms with Crippen LogP contribution in [0.15, 0.2) is 65.8 Å². The first-order chi connectivity index (χ1) is 13.2. The Labute approximate surface area is 165 Å². The molecule has 4 rings (SSSR count). The molecule has 0 spiro atoms. The molecular weight excluding hydrogens is 354 g/mol. The van der Waals surface area contributed by atoms with Crippen LogP contribution in [0.4, 0.5) is 5.69 Å². The van der Waals surface area contributed by atoms with Gasteiger partial charge in [-0.2, -0.15) is 5.10 Å². The van der Waals surface area contributed by atoms with Crippen LogP contribution in [0.25, 0.3) is 0 Å².